The standard InChI is InChI=1S/C23H27N3O6S/c1-13(2)21(22(27)28)26-33(30,31)16-8-9-17-18-11-15(7-10-19(18)32-20(17)12-16)25-23(29)24-14-5-3-4-6-14/h7-14,21,26H,3-6H2,1-2H3,(H,27,28)(H2,24,25,29)/t21-/m1/s1. The predicted molar refractivity (Wildman–Crippen MR) is 125 cm³/mol. The molecule has 0 saturated heterocycles. The van der Waals surface area contributed by atoms with E-state index < -0.39 is 28.0 Å². The molecular formula is C23H27N3O6S. The Morgan fingerprint density at radius 2 is 1.76 bits per heavy atom. The van der Waals surface area contributed by atoms with Crippen LogP contribution in [-0.2, 0) is 14.8 Å². The van der Waals surface area contributed by atoms with Crippen molar-refractivity contribution in [1.82, 2.24) is 10.0 Å². The van der Waals surface area contributed by atoms with Crippen molar-refractivity contribution in [2.45, 2.75) is 56.5 Å². The molecule has 2 aromatic carbocycles. The lowest BCUT2D eigenvalue weighted by atomic mass is 10.1. The molecular weight excluding hydrogens is 446 g/mol. The predicted octanol–water partition coefficient (Wildman–Crippen LogP) is 4.04. The number of carboxylic acid groups (broad SMARTS) is 1. The molecule has 1 heterocycles. The zero-order chi connectivity index (χ0) is 23.8. The second-order valence-corrected chi connectivity index (χ2v) is 10.4. The number of hydrogen-bond donors (Lipinski definition) is 4. The summed E-state index contributed by atoms with van der Waals surface area (Å²) >= 11 is 0. The molecule has 2 amide bonds. The van der Waals surface area contributed by atoms with Gasteiger partial charge in [-0.1, -0.05) is 26.7 Å². The van der Waals surface area contributed by atoms with Crippen molar-refractivity contribution < 1.29 is 27.5 Å². The summed E-state index contributed by atoms with van der Waals surface area (Å²) in [5, 5.41) is 16.5. The number of benzene rings is 2. The van der Waals surface area contributed by atoms with Crippen molar-refractivity contribution in [2.75, 3.05) is 5.32 Å². The van der Waals surface area contributed by atoms with Gasteiger partial charge in [-0.25, -0.2) is 13.2 Å². The van der Waals surface area contributed by atoms with Gasteiger partial charge in [-0.3, -0.25) is 4.79 Å². The molecule has 1 aliphatic carbocycles. The van der Waals surface area contributed by atoms with Crippen LogP contribution in [0.25, 0.3) is 21.9 Å². The minimum absolute atomic E-state index is 0.0877. The van der Waals surface area contributed by atoms with E-state index in [9.17, 15) is 23.1 Å². The molecule has 0 aliphatic heterocycles. The van der Waals surface area contributed by atoms with Crippen molar-refractivity contribution in [3.8, 4) is 0 Å². The zero-order valence-electron chi connectivity index (χ0n) is 18.4. The fraction of sp³-hybridized carbons (Fsp3) is 0.391. The Hall–Kier alpha value is -3.11. The summed E-state index contributed by atoms with van der Waals surface area (Å²) in [5.74, 6) is -1.67. The van der Waals surface area contributed by atoms with Crippen LogP contribution in [0.5, 0.6) is 0 Å². The van der Waals surface area contributed by atoms with Crippen LogP contribution in [0.2, 0.25) is 0 Å². The second-order valence-electron chi connectivity index (χ2n) is 8.73. The molecule has 1 aliphatic rings. The third kappa shape index (κ3) is 4.96. The van der Waals surface area contributed by atoms with E-state index in [-0.39, 0.29) is 17.0 Å². The molecule has 0 radical (unpaired) electrons. The van der Waals surface area contributed by atoms with Gasteiger partial charge in [0.25, 0.3) is 0 Å². The molecule has 3 aromatic rings. The van der Waals surface area contributed by atoms with Crippen LogP contribution in [0, 0.1) is 5.92 Å². The van der Waals surface area contributed by atoms with Crippen molar-refractivity contribution in [3.63, 3.8) is 0 Å². The van der Waals surface area contributed by atoms with Gasteiger partial charge >= 0.3 is 12.0 Å². The lowest BCUT2D eigenvalue weighted by Gasteiger charge is -2.17. The smallest absolute Gasteiger partial charge is 0.322 e. The number of carboxylic acids is 1. The first-order valence-corrected chi connectivity index (χ1v) is 12.4. The molecule has 10 heteroatoms. The summed E-state index contributed by atoms with van der Waals surface area (Å²) < 4.78 is 33.6. The van der Waals surface area contributed by atoms with Crippen LogP contribution in [0.4, 0.5) is 10.5 Å². The number of amides is 2. The Morgan fingerprint density at radius 3 is 2.42 bits per heavy atom. The first-order chi connectivity index (χ1) is 15.6. The summed E-state index contributed by atoms with van der Waals surface area (Å²) in [6.07, 6.45) is 4.23. The van der Waals surface area contributed by atoms with Crippen molar-refractivity contribution in [3.05, 3.63) is 36.4 Å². The lowest BCUT2D eigenvalue weighted by molar-refractivity contribution is -0.140. The van der Waals surface area contributed by atoms with E-state index in [1.807, 2.05) is 0 Å². The van der Waals surface area contributed by atoms with Gasteiger partial charge in [-0.05, 0) is 49.1 Å². The van der Waals surface area contributed by atoms with Crippen LogP contribution in [0.15, 0.2) is 45.7 Å². The monoisotopic (exact) mass is 473 g/mol. The minimum Gasteiger partial charge on any atom is -0.480 e. The van der Waals surface area contributed by atoms with Gasteiger partial charge in [0.1, 0.15) is 17.2 Å². The first-order valence-electron chi connectivity index (χ1n) is 10.9. The maximum Gasteiger partial charge on any atom is 0.322 e. The van der Waals surface area contributed by atoms with Crippen LogP contribution < -0.4 is 15.4 Å². The third-order valence-corrected chi connectivity index (χ3v) is 7.35. The Balaban J connectivity index is 1.59. The normalized spacial score (nSPS) is 15.8. The topological polar surface area (TPSA) is 138 Å². The van der Waals surface area contributed by atoms with Gasteiger partial charge in [0, 0.05) is 28.6 Å². The van der Waals surface area contributed by atoms with Crippen LogP contribution in [0.1, 0.15) is 39.5 Å². The van der Waals surface area contributed by atoms with Crippen molar-refractivity contribution in [2.24, 2.45) is 5.92 Å². The molecule has 1 saturated carbocycles. The number of carbonyl (C=O) groups is 2. The maximum atomic E-state index is 12.8. The number of anilines is 1. The molecule has 176 valence electrons. The van der Waals surface area contributed by atoms with Crippen molar-refractivity contribution >= 4 is 49.6 Å². The minimum atomic E-state index is -4.07. The molecule has 1 atom stereocenters. The number of fused-ring (bicyclic) bond motifs is 3. The largest absolute Gasteiger partial charge is 0.480 e. The molecule has 0 bridgehead atoms. The van der Waals surface area contributed by atoms with Gasteiger partial charge in [0.15, 0.2) is 0 Å². The summed E-state index contributed by atoms with van der Waals surface area (Å²) in [6.45, 7) is 3.26. The zero-order valence-corrected chi connectivity index (χ0v) is 19.2. The number of nitrogens with one attached hydrogen (secondary N) is 3. The van der Waals surface area contributed by atoms with E-state index in [2.05, 4.69) is 15.4 Å². The van der Waals surface area contributed by atoms with E-state index in [0.717, 1.165) is 31.1 Å². The third-order valence-electron chi connectivity index (χ3n) is 5.92. The van der Waals surface area contributed by atoms with E-state index >= 15 is 0 Å². The first kappa shape index (κ1) is 23.1. The van der Waals surface area contributed by atoms with Crippen LogP contribution >= 0.6 is 0 Å². The SMILES string of the molecule is CC(C)[C@@H](NS(=O)(=O)c1ccc2c(c1)oc1ccc(NC(=O)NC3CCCC3)cc12)C(=O)O. The van der Waals surface area contributed by atoms with Gasteiger partial charge in [0.2, 0.25) is 10.0 Å². The van der Waals surface area contributed by atoms with Gasteiger partial charge in [0.05, 0.1) is 4.90 Å². The van der Waals surface area contributed by atoms with Crippen molar-refractivity contribution in [1.29, 1.82) is 0 Å². The number of furan rings is 1. The summed E-state index contributed by atoms with van der Waals surface area (Å²) in [4.78, 5) is 23.6. The number of urea groups is 1. The molecule has 4 N–H and O–H groups in total. The molecule has 4 rings (SSSR count). The molecule has 0 spiro atoms. The highest BCUT2D eigenvalue weighted by molar-refractivity contribution is 7.89. The van der Waals surface area contributed by atoms with E-state index in [1.165, 1.54) is 12.1 Å². The van der Waals surface area contributed by atoms with Crippen LogP contribution in [0.3, 0.4) is 0 Å². The highest BCUT2D eigenvalue weighted by Crippen LogP contribution is 2.32. The molecule has 0 unspecified atom stereocenters. The molecule has 1 aromatic heterocycles. The summed E-state index contributed by atoms with van der Waals surface area (Å²) in [5.41, 5.74) is 1.48. The quantitative estimate of drug-likeness (QED) is 0.409. The van der Waals surface area contributed by atoms with E-state index in [1.54, 1.807) is 38.1 Å². The number of carbonyl (C=O) groups excluding carboxylic acids is 1. The summed E-state index contributed by atoms with van der Waals surface area (Å²) in [7, 11) is -4.07. The average molecular weight is 474 g/mol. The lowest BCUT2D eigenvalue weighted by Crippen LogP contribution is -2.44. The fourth-order valence-corrected chi connectivity index (χ4v) is 5.48. The number of rotatable bonds is 7. The molecule has 1 fully saturated rings. The maximum absolute atomic E-state index is 12.8. The second kappa shape index (κ2) is 9.03. The van der Waals surface area contributed by atoms with Gasteiger partial charge in [-0.2, -0.15) is 4.72 Å². The Labute approximate surface area is 191 Å². The van der Waals surface area contributed by atoms with Gasteiger partial charge in [-0.15, -0.1) is 0 Å². The average Bonchev–Trinajstić information content (AvgIpc) is 3.38. The Bertz CT molecular complexity index is 1310. The number of aliphatic carboxylic acids is 1. The highest BCUT2D eigenvalue weighted by atomic mass is 32.2. The number of hydrogen-bond acceptors (Lipinski definition) is 5. The Morgan fingerprint density at radius 1 is 1.03 bits per heavy atom. The fourth-order valence-electron chi connectivity index (χ4n) is 4.13. The van der Waals surface area contributed by atoms with Crippen LogP contribution in [-0.4, -0.2) is 37.6 Å². The number of sulfonamides is 1. The molecule has 33 heavy (non-hydrogen) atoms. The van der Waals surface area contributed by atoms with Gasteiger partial charge < -0.3 is 20.2 Å². The summed E-state index contributed by atoms with van der Waals surface area (Å²) in [6, 6.07) is 8.31. The van der Waals surface area contributed by atoms with E-state index in [0.29, 0.717) is 22.2 Å². The van der Waals surface area contributed by atoms with E-state index in [4.69, 9.17) is 4.42 Å². The molecule has 9 nitrogen and oxygen atoms in total. The highest BCUT2D eigenvalue weighted by Gasteiger charge is 2.28. The Kier molecular flexibility index (Phi) is 6.31.